The van der Waals surface area contributed by atoms with Crippen molar-refractivity contribution in [2.45, 2.75) is 64.1 Å². The molecule has 0 amide bonds. The first-order chi connectivity index (χ1) is 9.08. The van der Waals surface area contributed by atoms with Crippen LogP contribution in [0.4, 0.5) is 0 Å². The Balaban J connectivity index is 2.30. The van der Waals surface area contributed by atoms with Crippen LogP contribution in [0.15, 0.2) is 0 Å². The Morgan fingerprint density at radius 1 is 1.26 bits per heavy atom. The highest BCUT2D eigenvalue weighted by molar-refractivity contribution is 6.12. The molecule has 0 aliphatic heterocycles. The maximum absolute atomic E-state index is 11.6. The average molecular weight is 270 g/mol. The summed E-state index contributed by atoms with van der Waals surface area (Å²) in [5.41, 5.74) is 0. The van der Waals surface area contributed by atoms with Gasteiger partial charge in [0.25, 0.3) is 0 Å². The fraction of sp³-hybridized carbons (Fsp3) is 0.786. The van der Waals surface area contributed by atoms with Crippen LogP contribution < -0.4 is 0 Å². The van der Waals surface area contributed by atoms with Crippen molar-refractivity contribution in [2.75, 3.05) is 7.11 Å². The molecule has 0 saturated heterocycles. The molecule has 0 radical (unpaired) electrons. The third kappa shape index (κ3) is 5.11. The van der Waals surface area contributed by atoms with Gasteiger partial charge in [0.2, 0.25) is 6.10 Å². The standard InChI is InChI=1S/C14H22O5/c1-3-4-5-10(18-2)6-9-13(17)19-14-11(15)7-8-12(14)16/h10,14H,3-9H2,1-2H3. The quantitative estimate of drug-likeness (QED) is 0.497. The van der Waals surface area contributed by atoms with E-state index in [4.69, 9.17) is 9.47 Å². The van der Waals surface area contributed by atoms with Crippen molar-refractivity contribution in [1.29, 1.82) is 0 Å². The number of carbonyl (C=O) groups excluding carboxylic acids is 3. The topological polar surface area (TPSA) is 69.7 Å². The van der Waals surface area contributed by atoms with Gasteiger partial charge in [0, 0.05) is 26.4 Å². The first kappa shape index (κ1) is 15.8. The van der Waals surface area contributed by atoms with Crippen LogP contribution in [0.25, 0.3) is 0 Å². The lowest BCUT2D eigenvalue weighted by Crippen LogP contribution is -2.28. The van der Waals surface area contributed by atoms with Crippen LogP contribution in [0.3, 0.4) is 0 Å². The Labute approximate surface area is 113 Å². The van der Waals surface area contributed by atoms with Crippen LogP contribution in [-0.2, 0) is 23.9 Å². The van der Waals surface area contributed by atoms with Gasteiger partial charge >= 0.3 is 5.97 Å². The molecular formula is C14H22O5. The number of esters is 1. The van der Waals surface area contributed by atoms with Crippen LogP contribution in [-0.4, -0.2) is 36.9 Å². The molecule has 0 aromatic carbocycles. The van der Waals surface area contributed by atoms with Crippen molar-refractivity contribution in [2.24, 2.45) is 0 Å². The zero-order valence-electron chi connectivity index (χ0n) is 11.6. The van der Waals surface area contributed by atoms with Crippen molar-refractivity contribution in [3.8, 4) is 0 Å². The molecule has 5 heteroatoms. The van der Waals surface area contributed by atoms with Crippen LogP contribution in [0.5, 0.6) is 0 Å². The Hall–Kier alpha value is -1.23. The summed E-state index contributed by atoms with van der Waals surface area (Å²) in [6, 6.07) is 0. The van der Waals surface area contributed by atoms with Crippen molar-refractivity contribution < 1.29 is 23.9 Å². The van der Waals surface area contributed by atoms with Gasteiger partial charge in [0.1, 0.15) is 0 Å². The summed E-state index contributed by atoms with van der Waals surface area (Å²) < 4.78 is 10.2. The van der Waals surface area contributed by atoms with E-state index < -0.39 is 12.1 Å². The minimum atomic E-state index is -1.15. The van der Waals surface area contributed by atoms with E-state index in [2.05, 4.69) is 6.92 Å². The SMILES string of the molecule is CCCCC(CCC(=O)OC1C(=O)CCC1=O)OC. The van der Waals surface area contributed by atoms with E-state index in [1.54, 1.807) is 7.11 Å². The lowest BCUT2D eigenvalue weighted by atomic mass is 10.1. The first-order valence-electron chi connectivity index (χ1n) is 6.86. The molecule has 0 spiro atoms. The molecule has 0 aromatic rings. The van der Waals surface area contributed by atoms with Gasteiger partial charge in [-0.1, -0.05) is 19.8 Å². The number of methoxy groups -OCH3 is 1. The van der Waals surface area contributed by atoms with E-state index in [1.807, 2.05) is 0 Å². The summed E-state index contributed by atoms with van der Waals surface area (Å²) in [6.07, 6.45) is 3.03. The number of ketones is 2. The number of ether oxygens (including phenoxy) is 2. The molecule has 5 nitrogen and oxygen atoms in total. The third-order valence-corrected chi connectivity index (χ3v) is 3.34. The second-order valence-corrected chi connectivity index (χ2v) is 4.84. The molecule has 1 aliphatic carbocycles. The average Bonchev–Trinajstić information content (AvgIpc) is 2.71. The van der Waals surface area contributed by atoms with Crippen LogP contribution in [0, 0.1) is 0 Å². The van der Waals surface area contributed by atoms with Crippen molar-refractivity contribution in [3.63, 3.8) is 0 Å². The maximum Gasteiger partial charge on any atom is 0.307 e. The van der Waals surface area contributed by atoms with Gasteiger partial charge in [-0.25, -0.2) is 0 Å². The molecule has 108 valence electrons. The Morgan fingerprint density at radius 3 is 2.42 bits per heavy atom. The lowest BCUT2D eigenvalue weighted by Gasteiger charge is -2.15. The fourth-order valence-electron chi connectivity index (χ4n) is 2.10. The molecule has 0 aromatic heterocycles. The smallest absolute Gasteiger partial charge is 0.307 e. The second-order valence-electron chi connectivity index (χ2n) is 4.84. The molecule has 0 bridgehead atoms. The van der Waals surface area contributed by atoms with E-state index in [0.29, 0.717) is 6.42 Å². The number of carbonyl (C=O) groups is 3. The molecule has 0 heterocycles. The number of unbranched alkanes of at least 4 members (excludes halogenated alkanes) is 1. The zero-order chi connectivity index (χ0) is 14.3. The number of Topliss-reactive ketones (excluding diaryl/α,β-unsaturated/α-hetero) is 2. The predicted molar refractivity (Wildman–Crippen MR) is 68.7 cm³/mol. The monoisotopic (exact) mass is 270 g/mol. The van der Waals surface area contributed by atoms with Crippen LogP contribution in [0.2, 0.25) is 0 Å². The highest BCUT2D eigenvalue weighted by Crippen LogP contribution is 2.16. The number of hydrogen-bond donors (Lipinski definition) is 0. The van der Waals surface area contributed by atoms with Crippen molar-refractivity contribution in [3.05, 3.63) is 0 Å². The molecule has 0 N–H and O–H groups in total. The summed E-state index contributed by atoms with van der Waals surface area (Å²) in [7, 11) is 1.62. The van der Waals surface area contributed by atoms with Gasteiger partial charge < -0.3 is 9.47 Å². The van der Waals surface area contributed by atoms with E-state index >= 15 is 0 Å². The molecule has 1 rings (SSSR count). The highest BCUT2D eigenvalue weighted by atomic mass is 16.6. The zero-order valence-corrected chi connectivity index (χ0v) is 11.6. The maximum atomic E-state index is 11.6. The van der Waals surface area contributed by atoms with Gasteiger partial charge in [-0.3, -0.25) is 14.4 Å². The molecule has 1 aliphatic rings. The van der Waals surface area contributed by atoms with Gasteiger partial charge in [0.05, 0.1) is 6.10 Å². The summed E-state index contributed by atoms with van der Waals surface area (Å²) in [5, 5.41) is 0. The van der Waals surface area contributed by atoms with Gasteiger partial charge in [-0.05, 0) is 12.8 Å². The summed E-state index contributed by atoms with van der Waals surface area (Å²) in [5.74, 6) is -1.06. The third-order valence-electron chi connectivity index (χ3n) is 3.34. The van der Waals surface area contributed by atoms with E-state index in [-0.39, 0.29) is 36.9 Å². The van der Waals surface area contributed by atoms with E-state index in [0.717, 1.165) is 19.3 Å². The number of rotatable bonds is 8. The largest absolute Gasteiger partial charge is 0.446 e. The van der Waals surface area contributed by atoms with Gasteiger partial charge in [-0.15, -0.1) is 0 Å². The van der Waals surface area contributed by atoms with Gasteiger partial charge in [-0.2, -0.15) is 0 Å². The summed E-state index contributed by atoms with van der Waals surface area (Å²) in [4.78, 5) is 34.3. The van der Waals surface area contributed by atoms with E-state index in [9.17, 15) is 14.4 Å². The Morgan fingerprint density at radius 2 is 1.89 bits per heavy atom. The Bertz CT molecular complexity index is 321. The predicted octanol–water partition coefficient (Wildman–Crippen LogP) is 1.82. The number of hydrogen-bond acceptors (Lipinski definition) is 5. The normalized spacial score (nSPS) is 17.8. The van der Waals surface area contributed by atoms with Gasteiger partial charge in [0.15, 0.2) is 11.6 Å². The van der Waals surface area contributed by atoms with Crippen molar-refractivity contribution in [1.82, 2.24) is 0 Å². The molecule has 1 fully saturated rings. The van der Waals surface area contributed by atoms with Crippen LogP contribution >= 0.6 is 0 Å². The first-order valence-corrected chi connectivity index (χ1v) is 6.86. The fourth-order valence-corrected chi connectivity index (χ4v) is 2.10. The Kier molecular flexibility index (Phi) is 6.70. The van der Waals surface area contributed by atoms with Crippen molar-refractivity contribution >= 4 is 17.5 Å². The molecular weight excluding hydrogens is 248 g/mol. The highest BCUT2D eigenvalue weighted by Gasteiger charge is 2.35. The molecule has 1 atom stereocenters. The summed E-state index contributed by atoms with van der Waals surface area (Å²) >= 11 is 0. The van der Waals surface area contributed by atoms with E-state index in [1.165, 1.54) is 0 Å². The molecule has 1 unspecified atom stereocenters. The molecule has 1 saturated carbocycles. The minimum Gasteiger partial charge on any atom is -0.446 e. The van der Waals surface area contributed by atoms with Crippen LogP contribution in [0.1, 0.15) is 51.9 Å². The second kappa shape index (κ2) is 8.04. The molecule has 19 heavy (non-hydrogen) atoms. The summed E-state index contributed by atoms with van der Waals surface area (Å²) in [6.45, 7) is 2.10. The minimum absolute atomic E-state index is 0.0301. The lowest BCUT2D eigenvalue weighted by molar-refractivity contribution is -0.158.